The lowest BCUT2D eigenvalue weighted by atomic mass is 9.80. The molecule has 1 saturated carbocycles. The van der Waals surface area contributed by atoms with Crippen molar-refractivity contribution in [3.63, 3.8) is 0 Å². The highest BCUT2D eigenvalue weighted by Gasteiger charge is 2.32. The molecule has 2 rings (SSSR count). The lowest BCUT2D eigenvalue weighted by Gasteiger charge is -2.37. The van der Waals surface area contributed by atoms with Gasteiger partial charge in [-0.2, -0.15) is 0 Å². The Labute approximate surface area is 107 Å². The Kier molecular flexibility index (Phi) is 4.10. The number of rotatable bonds is 2. The third-order valence-corrected chi connectivity index (χ3v) is 5.20. The Morgan fingerprint density at radius 2 is 1.94 bits per heavy atom. The van der Waals surface area contributed by atoms with Crippen molar-refractivity contribution in [3.05, 3.63) is 30.1 Å². The summed E-state index contributed by atoms with van der Waals surface area (Å²) in [7, 11) is 0. The van der Waals surface area contributed by atoms with Crippen LogP contribution in [-0.2, 0) is 0 Å². The smallest absolute Gasteiger partial charge is 0.136 e. The molecular weight excluding hydrogens is 233 g/mol. The average molecular weight is 253 g/mol. The van der Waals surface area contributed by atoms with Crippen LogP contribution < -0.4 is 5.73 Å². The van der Waals surface area contributed by atoms with Gasteiger partial charge in [0.25, 0.3) is 0 Å². The van der Waals surface area contributed by atoms with Crippen molar-refractivity contribution < 1.29 is 4.39 Å². The quantitative estimate of drug-likeness (QED) is 0.870. The van der Waals surface area contributed by atoms with Crippen LogP contribution in [0.5, 0.6) is 0 Å². The molecule has 1 aromatic carbocycles. The van der Waals surface area contributed by atoms with Crippen molar-refractivity contribution in [2.75, 3.05) is 0 Å². The predicted octanol–water partition coefficient (Wildman–Crippen LogP) is 3.68. The van der Waals surface area contributed by atoms with Crippen LogP contribution >= 0.6 is 11.8 Å². The zero-order chi connectivity index (χ0) is 12.4. The maximum Gasteiger partial charge on any atom is 0.136 e. The molecule has 0 heterocycles. The Hall–Kier alpha value is -0.540. The summed E-state index contributed by atoms with van der Waals surface area (Å²) in [6, 6.07) is 7.15. The van der Waals surface area contributed by atoms with E-state index in [1.807, 2.05) is 12.1 Å². The van der Waals surface area contributed by atoms with Gasteiger partial charge in [-0.1, -0.05) is 26.0 Å². The van der Waals surface area contributed by atoms with Gasteiger partial charge in [0.1, 0.15) is 5.82 Å². The summed E-state index contributed by atoms with van der Waals surface area (Å²) >= 11 is 1.61. The minimum absolute atomic E-state index is 0.129. The van der Waals surface area contributed by atoms with Gasteiger partial charge in [0.05, 0.1) is 0 Å². The van der Waals surface area contributed by atoms with E-state index in [1.54, 1.807) is 17.8 Å². The predicted molar refractivity (Wildman–Crippen MR) is 71.6 cm³/mol. The van der Waals surface area contributed by atoms with Crippen molar-refractivity contribution in [2.24, 2.45) is 17.6 Å². The van der Waals surface area contributed by atoms with Crippen LogP contribution in [0.2, 0.25) is 0 Å². The first kappa shape index (κ1) is 12.9. The maximum absolute atomic E-state index is 13.6. The largest absolute Gasteiger partial charge is 0.327 e. The fraction of sp³-hybridized carbons (Fsp3) is 0.571. The van der Waals surface area contributed by atoms with Crippen LogP contribution in [-0.4, -0.2) is 11.3 Å². The minimum Gasteiger partial charge on any atom is -0.327 e. The summed E-state index contributed by atoms with van der Waals surface area (Å²) in [5.41, 5.74) is 6.21. The molecule has 0 aliphatic heterocycles. The third kappa shape index (κ3) is 3.02. The molecular formula is C14H20FNS. The van der Waals surface area contributed by atoms with Crippen molar-refractivity contribution in [1.29, 1.82) is 0 Å². The van der Waals surface area contributed by atoms with Crippen LogP contribution in [0.15, 0.2) is 29.2 Å². The molecule has 1 fully saturated rings. The topological polar surface area (TPSA) is 26.0 Å². The van der Waals surface area contributed by atoms with Crippen molar-refractivity contribution in [1.82, 2.24) is 0 Å². The SMILES string of the molecule is CC1CC(C)C(Sc2ccccc2F)C(N)C1. The molecule has 0 radical (unpaired) electrons. The molecule has 2 N–H and O–H groups in total. The Morgan fingerprint density at radius 3 is 2.59 bits per heavy atom. The Morgan fingerprint density at radius 1 is 1.24 bits per heavy atom. The Bertz CT molecular complexity index is 370. The normalized spacial score (nSPS) is 33.6. The molecule has 1 aliphatic carbocycles. The Balaban J connectivity index is 2.10. The van der Waals surface area contributed by atoms with Gasteiger partial charge in [-0.3, -0.25) is 0 Å². The standard InChI is InChI=1S/C14H20FNS/c1-9-7-10(2)14(12(16)8-9)17-13-6-4-3-5-11(13)15/h3-6,9-10,12,14H,7-8,16H2,1-2H3. The molecule has 94 valence electrons. The second-order valence-corrected chi connectivity index (χ2v) is 6.45. The fourth-order valence-electron chi connectivity index (χ4n) is 2.78. The monoisotopic (exact) mass is 253 g/mol. The van der Waals surface area contributed by atoms with E-state index < -0.39 is 0 Å². The van der Waals surface area contributed by atoms with Gasteiger partial charge in [0.2, 0.25) is 0 Å². The van der Waals surface area contributed by atoms with Crippen molar-refractivity contribution in [2.45, 2.75) is 42.9 Å². The average Bonchev–Trinajstić information content (AvgIpc) is 2.25. The zero-order valence-electron chi connectivity index (χ0n) is 10.4. The molecule has 17 heavy (non-hydrogen) atoms. The van der Waals surface area contributed by atoms with Gasteiger partial charge in [0, 0.05) is 16.2 Å². The second kappa shape index (κ2) is 5.40. The van der Waals surface area contributed by atoms with Gasteiger partial charge in [-0.25, -0.2) is 4.39 Å². The highest BCUT2D eigenvalue weighted by molar-refractivity contribution is 8.00. The van der Waals surface area contributed by atoms with E-state index in [1.165, 1.54) is 12.5 Å². The number of hydrogen-bond acceptors (Lipinski definition) is 2. The molecule has 0 saturated heterocycles. The maximum atomic E-state index is 13.6. The van der Waals surface area contributed by atoms with Gasteiger partial charge in [-0.05, 0) is 36.8 Å². The highest BCUT2D eigenvalue weighted by Crippen LogP contribution is 2.39. The summed E-state index contributed by atoms with van der Waals surface area (Å²) in [5.74, 6) is 1.12. The van der Waals surface area contributed by atoms with Crippen LogP contribution in [0.3, 0.4) is 0 Å². The lowest BCUT2D eigenvalue weighted by molar-refractivity contribution is 0.279. The molecule has 1 aliphatic rings. The third-order valence-electron chi connectivity index (χ3n) is 3.53. The van der Waals surface area contributed by atoms with E-state index >= 15 is 0 Å². The first-order valence-electron chi connectivity index (χ1n) is 6.24. The van der Waals surface area contributed by atoms with Crippen molar-refractivity contribution in [3.8, 4) is 0 Å². The second-order valence-electron chi connectivity index (χ2n) is 5.23. The zero-order valence-corrected chi connectivity index (χ0v) is 11.2. The minimum atomic E-state index is -0.129. The number of nitrogens with two attached hydrogens (primary N) is 1. The van der Waals surface area contributed by atoms with E-state index in [-0.39, 0.29) is 11.9 Å². The summed E-state index contributed by atoms with van der Waals surface area (Å²) in [5, 5.41) is 0.336. The number of benzene rings is 1. The highest BCUT2D eigenvalue weighted by atomic mass is 32.2. The first-order valence-corrected chi connectivity index (χ1v) is 7.12. The number of thioether (sulfide) groups is 1. The van der Waals surface area contributed by atoms with E-state index in [4.69, 9.17) is 5.73 Å². The van der Waals surface area contributed by atoms with Gasteiger partial charge < -0.3 is 5.73 Å². The van der Waals surface area contributed by atoms with Gasteiger partial charge in [-0.15, -0.1) is 11.8 Å². The molecule has 4 atom stereocenters. The van der Waals surface area contributed by atoms with E-state index in [0.29, 0.717) is 17.1 Å². The van der Waals surface area contributed by atoms with Crippen LogP contribution in [0.1, 0.15) is 26.7 Å². The molecule has 3 heteroatoms. The molecule has 0 bridgehead atoms. The molecule has 0 amide bonds. The molecule has 0 aromatic heterocycles. The van der Waals surface area contributed by atoms with Gasteiger partial charge in [0.15, 0.2) is 0 Å². The van der Waals surface area contributed by atoms with Crippen LogP contribution in [0.4, 0.5) is 4.39 Å². The summed E-state index contributed by atoms with van der Waals surface area (Å²) in [4.78, 5) is 0.731. The van der Waals surface area contributed by atoms with E-state index in [9.17, 15) is 4.39 Å². The first-order chi connectivity index (χ1) is 8.08. The molecule has 1 aromatic rings. The lowest BCUT2D eigenvalue weighted by Crippen LogP contribution is -2.42. The summed E-state index contributed by atoms with van der Waals surface area (Å²) in [6.45, 7) is 4.48. The van der Waals surface area contributed by atoms with E-state index in [0.717, 1.165) is 11.3 Å². The van der Waals surface area contributed by atoms with Crippen LogP contribution in [0.25, 0.3) is 0 Å². The molecule has 4 unspecified atom stereocenters. The number of hydrogen-bond donors (Lipinski definition) is 1. The van der Waals surface area contributed by atoms with Gasteiger partial charge >= 0.3 is 0 Å². The van der Waals surface area contributed by atoms with Crippen molar-refractivity contribution >= 4 is 11.8 Å². The van der Waals surface area contributed by atoms with Crippen LogP contribution in [0, 0.1) is 17.7 Å². The summed E-state index contributed by atoms with van der Waals surface area (Å²) in [6.07, 6.45) is 2.25. The molecule has 0 spiro atoms. The molecule has 1 nitrogen and oxygen atoms in total. The summed E-state index contributed by atoms with van der Waals surface area (Å²) < 4.78 is 13.6. The van der Waals surface area contributed by atoms with E-state index in [2.05, 4.69) is 13.8 Å². The number of halogens is 1. The fourth-order valence-corrected chi connectivity index (χ4v) is 4.04.